The third-order valence-corrected chi connectivity index (χ3v) is 8.76. The third kappa shape index (κ3) is 9.81. The zero-order chi connectivity index (χ0) is 34.0. The minimum atomic E-state index is -0.727. The van der Waals surface area contributed by atoms with Crippen LogP contribution in [0.4, 0.5) is 0 Å². The van der Waals surface area contributed by atoms with E-state index >= 15 is 0 Å². The highest BCUT2D eigenvalue weighted by molar-refractivity contribution is 6.23. The highest BCUT2D eigenvalue weighted by Crippen LogP contribution is 2.29. The number of ketones is 2. The smallest absolute Gasteiger partial charge is 0.303 e. The number of nitrogens with one attached hydrogen (secondary N) is 2. The van der Waals surface area contributed by atoms with E-state index < -0.39 is 24.1 Å². The predicted molar refractivity (Wildman–Crippen MR) is 174 cm³/mol. The van der Waals surface area contributed by atoms with Crippen LogP contribution in [0.15, 0.2) is 58.5 Å². The number of likely N-dealkylation sites (tertiary alicyclic amines) is 1. The summed E-state index contributed by atoms with van der Waals surface area (Å²) in [6, 6.07) is 0. The van der Waals surface area contributed by atoms with Gasteiger partial charge in [0.15, 0.2) is 6.10 Å². The van der Waals surface area contributed by atoms with Crippen molar-refractivity contribution in [3.63, 3.8) is 0 Å². The molecule has 0 aromatic carbocycles. The maximum Gasteiger partial charge on any atom is 0.303 e. The van der Waals surface area contributed by atoms with Crippen LogP contribution in [0.5, 0.6) is 0 Å². The number of nitrogens with zero attached hydrogens (tertiary/aromatic N) is 1. The largest absolute Gasteiger partial charge is 0.455 e. The van der Waals surface area contributed by atoms with Gasteiger partial charge in [0.25, 0.3) is 5.91 Å². The summed E-state index contributed by atoms with van der Waals surface area (Å²) >= 11 is 0. The highest BCUT2D eigenvalue weighted by Gasteiger charge is 2.34. The normalized spacial score (nSPS) is 31.9. The number of hydrogen-bond donors (Lipinski definition) is 2. The minimum absolute atomic E-state index is 0.0589. The van der Waals surface area contributed by atoms with Crippen molar-refractivity contribution in [1.29, 1.82) is 0 Å². The van der Waals surface area contributed by atoms with E-state index in [9.17, 15) is 19.2 Å². The number of rotatable bonds is 8. The number of ether oxygens (including phenoxy) is 4. The molecule has 3 rings (SSSR count). The highest BCUT2D eigenvalue weighted by atomic mass is 16.6. The van der Waals surface area contributed by atoms with Crippen molar-refractivity contribution < 1.29 is 38.1 Å². The lowest BCUT2D eigenvalue weighted by Gasteiger charge is -2.32. The van der Waals surface area contributed by atoms with E-state index in [1.165, 1.54) is 20.1 Å². The van der Waals surface area contributed by atoms with Crippen LogP contribution in [0.2, 0.25) is 0 Å². The summed E-state index contributed by atoms with van der Waals surface area (Å²) < 4.78 is 23.3. The first-order valence-corrected chi connectivity index (χ1v) is 16.0. The molecule has 254 valence electrons. The molecule has 0 aromatic heterocycles. The predicted octanol–water partition coefficient (Wildman–Crippen LogP) is 3.18. The minimum Gasteiger partial charge on any atom is -0.455 e. The second-order valence-electron chi connectivity index (χ2n) is 12.4. The van der Waals surface area contributed by atoms with Crippen LogP contribution >= 0.6 is 0 Å². The summed E-state index contributed by atoms with van der Waals surface area (Å²) in [4.78, 5) is 54.7. The molecule has 0 radical (unpaired) electrons. The Hall–Kier alpha value is -3.38. The lowest BCUT2D eigenvalue weighted by molar-refractivity contribution is -0.149. The average Bonchev–Trinajstić information content (AvgIpc) is 2.98. The number of esters is 1. The molecule has 2 N–H and O–H groups in total. The molecule has 11 heteroatoms. The second kappa shape index (κ2) is 17.5. The molecular weight excluding hydrogens is 590 g/mol. The average molecular weight is 642 g/mol. The Morgan fingerprint density at radius 2 is 1.78 bits per heavy atom. The van der Waals surface area contributed by atoms with Crippen molar-refractivity contribution in [2.24, 2.45) is 11.8 Å². The Morgan fingerprint density at radius 1 is 1.07 bits per heavy atom. The molecule has 1 amide bonds. The molecule has 0 aromatic rings. The Morgan fingerprint density at radius 3 is 2.37 bits per heavy atom. The number of hydrogen-bond acceptors (Lipinski definition) is 10. The summed E-state index contributed by atoms with van der Waals surface area (Å²) in [5, 5.41) is 5.89. The molecule has 11 nitrogen and oxygen atoms in total. The van der Waals surface area contributed by atoms with Gasteiger partial charge in [-0.05, 0) is 57.7 Å². The molecule has 1 aliphatic carbocycles. The van der Waals surface area contributed by atoms with E-state index in [1.54, 1.807) is 39.4 Å². The Balaban J connectivity index is 2.04. The molecule has 46 heavy (non-hydrogen) atoms. The fourth-order valence-electron chi connectivity index (χ4n) is 6.13. The molecule has 2 aliphatic heterocycles. The van der Waals surface area contributed by atoms with Gasteiger partial charge in [-0.1, -0.05) is 38.2 Å². The van der Waals surface area contributed by atoms with Gasteiger partial charge >= 0.3 is 5.97 Å². The quantitative estimate of drug-likeness (QED) is 0.231. The molecule has 1 fully saturated rings. The Kier molecular flexibility index (Phi) is 14.1. The maximum atomic E-state index is 13.9. The van der Waals surface area contributed by atoms with Gasteiger partial charge in [0.05, 0.1) is 23.6 Å². The van der Waals surface area contributed by atoms with Crippen molar-refractivity contribution in [1.82, 2.24) is 15.5 Å². The summed E-state index contributed by atoms with van der Waals surface area (Å²) in [7, 11) is 4.76. The zero-order valence-corrected chi connectivity index (χ0v) is 28.5. The van der Waals surface area contributed by atoms with Gasteiger partial charge in [0.1, 0.15) is 6.10 Å². The molecule has 1 saturated heterocycles. The van der Waals surface area contributed by atoms with E-state index in [1.807, 2.05) is 26.8 Å². The molecule has 2 bridgehead atoms. The van der Waals surface area contributed by atoms with E-state index in [2.05, 4.69) is 15.5 Å². The van der Waals surface area contributed by atoms with E-state index in [0.717, 1.165) is 31.6 Å². The van der Waals surface area contributed by atoms with Crippen LogP contribution in [0.1, 0.15) is 53.9 Å². The molecule has 0 saturated carbocycles. The van der Waals surface area contributed by atoms with E-state index in [0.29, 0.717) is 30.5 Å². The van der Waals surface area contributed by atoms with Gasteiger partial charge in [-0.25, -0.2) is 0 Å². The van der Waals surface area contributed by atoms with Crippen LogP contribution in [-0.2, 0) is 38.1 Å². The van der Waals surface area contributed by atoms with Crippen LogP contribution in [0, 0.1) is 11.8 Å². The van der Waals surface area contributed by atoms with E-state index in [4.69, 9.17) is 18.9 Å². The number of carbonyl (C=O) groups is 4. The van der Waals surface area contributed by atoms with Crippen molar-refractivity contribution in [2.45, 2.75) is 78.3 Å². The van der Waals surface area contributed by atoms with Gasteiger partial charge in [-0.3, -0.25) is 19.2 Å². The first-order chi connectivity index (χ1) is 21.9. The number of fused-ring (bicyclic) bond motifs is 2. The molecule has 3 aliphatic rings. The number of amides is 1. The Bertz CT molecular complexity index is 1290. The van der Waals surface area contributed by atoms with E-state index in [-0.39, 0.29) is 47.0 Å². The standard InChI is InChI=1S/C35H51N3O8/c1-21-17-26-31(36-13-16-38-14-10-15-38)28(40)20-27(32(26)41)37-35(42)22(2)11-9-12-29(43-6)34(46-25(5)39)24(4)19-23(3)33(45-8)30(18-21)44-7/h9,11-12,19-21,23,29-30,33-34,36H,10,13-18H2,1-8H3,(H,37,42)/b12-9-,22-11-,24-19-. The lowest BCUT2D eigenvalue weighted by atomic mass is 9.85. The van der Waals surface area contributed by atoms with Gasteiger partial charge in [0, 0.05) is 64.5 Å². The van der Waals surface area contributed by atoms with Crippen LogP contribution in [-0.4, -0.2) is 100 Å². The fraction of sp³-hybridized carbons (Fsp3) is 0.600. The van der Waals surface area contributed by atoms with Crippen molar-refractivity contribution in [2.75, 3.05) is 47.5 Å². The molecule has 6 unspecified atom stereocenters. The van der Waals surface area contributed by atoms with Gasteiger partial charge in [-0.2, -0.15) is 0 Å². The van der Waals surface area contributed by atoms with Gasteiger partial charge in [-0.15, -0.1) is 0 Å². The summed E-state index contributed by atoms with van der Waals surface area (Å²) in [5.74, 6) is -1.96. The fourth-order valence-corrected chi connectivity index (χ4v) is 6.13. The van der Waals surface area contributed by atoms with Crippen molar-refractivity contribution in [3.8, 4) is 0 Å². The van der Waals surface area contributed by atoms with Crippen molar-refractivity contribution in [3.05, 3.63) is 58.5 Å². The lowest BCUT2D eigenvalue weighted by Crippen LogP contribution is -2.43. The van der Waals surface area contributed by atoms with Crippen LogP contribution < -0.4 is 10.6 Å². The van der Waals surface area contributed by atoms with Gasteiger partial charge < -0.3 is 34.5 Å². The molecular formula is C35H51N3O8. The Labute approximate surface area is 273 Å². The summed E-state index contributed by atoms with van der Waals surface area (Å²) in [6.07, 6.45) is 7.98. The molecule has 6 atom stereocenters. The zero-order valence-electron chi connectivity index (χ0n) is 28.5. The first kappa shape index (κ1) is 37.1. The monoisotopic (exact) mass is 641 g/mol. The number of Topliss-reactive ketones (excluding diaryl/α,β-unsaturated/α-hetero) is 1. The first-order valence-electron chi connectivity index (χ1n) is 16.0. The SMILES string of the molecule is COC1/C=C\C=C(\C)C(=O)NC2=CC(=O)C(NCCN3CCC3)=C(CC(C)CC(OC)C(OC)C(C)/C=C(/C)C1OC(C)=O)C2=O. The number of allylic oxidation sites excluding steroid dienone is 4. The molecule has 0 spiro atoms. The van der Waals surface area contributed by atoms with Crippen molar-refractivity contribution >= 4 is 23.4 Å². The third-order valence-electron chi connectivity index (χ3n) is 8.76. The van der Waals surface area contributed by atoms with Crippen LogP contribution in [0.25, 0.3) is 0 Å². The number of carbonyl (C=O) groups excluding carboxylic acids is 4. The topological polar surface area (TPSA) is 132 Å². The number of methoxy groups -OCH3 is 3. The van der Waals surface area contributed by atoms with Crippen LogP contribution in [0.3, 0.4) is 0 Å². The second-order valence-corrected chi connectivity index (χ2v) is 12.4. The maximum absolute atomic E-state index is 13.9. The summed E-state index contributed by atoms with van der Waals surface area (Å²) in [5.41, 5.74) is 1.64. The summed E-state index contributed by atoms with van der Waals surface area (Å²) in [6.45, 7) is 12.2. The van der Waals surface area contributed by atoms with Gasteiger partial charge in [0.2, 0.25) is 11.6 Å². The molecule has 2 heterocycles.